The third-order valence-electron chi connectivity index (χ3n) is 5.86. The van der Waals surface area contributed by atoms with Crippen molar-refractivity contribution < 1.29 is 33.3 Å². The first-order valence-corrected chi connectivity index (χ1v) is 12.8. The maximum atomic E-state index is 12.5. The molecule has 210 valence electrons. The van der Waals surface area contributed by atoms with Crippen molar-refractivity contribution >= 4 is 18.1 Å². The molecule has 0 fully saturated rings. The Morgan fingerprint density at radius 1 is 0.805 bits per heavy atom. The number of nitrogens with zero attached hydrogens (tertiary/aromatic N) is 1. The lowest BCUT2D eigenvalue weighted by Gasteiger charge is -2.13. The van der Waals surface area contributed by atoms with E-state index in [0.29, 0.717) is 40.7 Å². The molecule has 1 N–H and O–H groups in total. The zero-order valence-electron chi connectivity index (χ0n) is 22.9. The highest BCUT2D eigenvalue weighted by Gasteiger charge is 2.15. The fourth-order valence-corrected chi connectivity index (χ4v) is 3.61. The second-order valence-corrected chi connectivity index (χ2v) is 8.77. The minimum Gasteiger partial charge on any atom is -0.497 e. The van der Waals surface area contributed by atoms with Gasteiger partial charge in [0, 0.05) is 0 Å². The highest BCUT2D eigenvalue weighted by atomic mass is 16.6. The summed E-state index contributed by atoms with van der Waals surface area (Å²) < 4.78 is 27.4. The van der Waals surface area contributed by atoms with Crippen LogP contribution in [-0.2, 0) is 11.4 Å². The summed E-state index contributed by atoms with van der Waals surface area (Å²) in [5.74, 6) is 1.46. The number of hydrogen-bond acceptors (Lipinski definition) is 8. The van der Waals surface area contributed by atoms with Gasteiger partial charge in [0.05, 0.1) is 26.0 Å². The van der Waals surface area contributed by atoms with Crippen molar-refractivity contribution in [1.29, 1.82) is 0 Å². The molecule has 0 aliphatic carbocycles. The number of esters is 1. The van der Waals surface area contributed by atoms with E-state index >= 15 is 0 Å². The molecule has 0 saturated heterocycles. The van der Waals surface area contributed by atoms with Gasteiger partial charge in [0.1, 0.15) is 23.9 Å². The number of carbonyl (C=O) groups is 2. The molecule has 0 heterocycles. The molecule has 9 heteroatoms. The average Bonchev–Trinajstić information content (AvgIpc) is 3.01. The van der Waals surface area contributed by atoms with Gasteiger partial charge in [0.15, 0.2) is 17.6 Å². The number of ether oxygens (including phenoxy) is 5. The zero-order chi connectivity index (χ0) is 29.0. The molecular weight excluding hydrogens is 524 g/mol. The van der Waals surface area contributed by atoms with E-state index in [4.69, 9.17) is 23.7 Å². The van der Waals surface area contributed by atoms with Crippen molar-refractivity contribution in [3.63, 3.8) is 0 Å². The Balaban J connectivity index is 1.27. The third-order valence-corrected chi connectivity index (χ3v) is 5.86. The smallest absolute Gasteiger partial charge is 0.343 e. The number of hydrogen-bond donors (Lipinski definition) is 1. The number of carbonyl (C=O) groups excluding carboxylic acids is 2. The summed E-state index contributed by atoms with van der Waals surface area (Å²) in [6, 6.07) is 28.4. The molecule has 0 aliphatic rings. The lowest BCUT2D eigenvalue weighted by molar-refractivity contribution is -0.127. The molecule has 0 radical (unpaired) electrons. The standard InChI is InChI=1S/C32H30N2O7/c1-22(40-28-16-14-27(15-17-28)39-21-23-7-5-4-6-8-23)31(35)34-33-20-24-9-18-29(30(19-24)38-3)41-32(36)25-10-12-26(37-2)13-11-25/h4-20,22H,21H2,1-3H3,(H,34,35)/b33-20-/t22-/m1/s1. The first-order valence-electron chi connectivity index (χ1n) is 12.8. The average molecular weight is 555 g/mol. The summed E-state index contributed by atoms with van der Waals surface area (Å²) in [6.45, 7) is 2.08. The van der Waals surface area contributed by atoms with E-state index in [1.807, 2.05) is 30.3 Å². The van der Waals surface area contributed by atoms with Crippen molar-refractivity contribution in [2.75, 3.05) is 14.2 Å². The largest absolute Gasteiger partial charge is 0.497 e. The van der Waals surface area contributed by atoms with Crippen molar-refractivity contribution in [3.8, 4) is 28.7 Å². The highest BCUT2D eigenvalue weighted by molar-refractivity contribution is 5.92. The van der Waals surface area contributed by atoms with Crippen LogP contribution in [0.1, 0.15) is 28.4 Å². The Morgan fingerprint density at radius 3 is 2.17 bits per heavy atom. The van der Waals surface area contributed by atoms with E-state index in [1.165, 1.54) is 13.3 Å². The topological polar surface area (TPSA) is 105 Å². The third kappa shape index (κ3) is 8.34. The fourth-order valence-electron chi connectivity index (χ4n) is 3.61. The van der Waals surface area contributed by atoms with Crippen molar-refractivity contribution in [2.24, 2.45) is 5.10 Å². The molecule has 1 atom stereocenters. The number of hydrazone groups is 1. The van der Waals surface area contributed by atoms with Crippen molar-refractivity contribution in [3.05, 3.63) is 114 Å². The van der Waals surface area contributed by atoms with E-state index in [0.717, 1.165) is 5.56 Å². The molecule has 4 aromatic rings. The van der Waals surface area contributed by atoms with Gasteiger partial charge in [0.2, 0.25) is 0 Å². The van der Waals surface area contributed by atoms with Gasteiger partial charge in [0.25, 0.3) is 5.91 Å². The predicted octanol–water partition coefficient (Wildman–Crippen LogP) is 5.42. The molecule has 4 rings (SSSR count). The van der Waals surface area contributed by atoms with Gasteiger partial charge in [-0.2, -0.15) is 5.10 Å². The fraction of sp³-hybridized carbons (Fsp3) is 0.156. The zero-order valence-corrected chi connectivity index (χ0v) is 22.9. The van der Waals surface area contributed by atoms with Gasteiger partial charge in [-0.1, -0.05) is 30.3 Å². The first-order chi connectivity index (χ1) is 19.9. The maximum Gasteiger partial charge on any atom is 0.343 e. The highest BCUT2D eigenvalue weighted by Crippen LogP contribution is 2.28. The molecule has 0 spiro atoms. The lowest BCUT2D eigenvalue weighted by atomic mass is 10.2. The normalized spacial score (nSPS) is 11.4. The maximum absolute atomic E-state index is 12.5. The number of benzene rings is 4. The first kappa shape index (κ1) is 28.7. The van der Waals surface area contributed by atoms with Gasteiger partial charge in [-0.3, -0.25) is 4.79 Å². The number of amides is 1. The summed E-state index contributed by atoms with van der Waals surface area (Å²) in [5.41, 5.74) is 4.51. The lowest BCUT2D eigenvalue weighted by Crippen LogP contribution is -2.33. The summed E-state index contributed by atoms with van der Waals surface area (Å²) in [6.07, 6.45) is 0.652. The van der Waals surface area contributed by atoms with Crippen molar-refractivity contribution in [2.45, 2.75) is 19.6 Å². The molecule has 0 unspecified atom stereocenters. The van der Waals surface area contributed by atoms with Gasteiger partial charge >= 0.3 is 5.97 Å². The molecule has 0 saturated carbocycles. The SMILES string of the molecule is COc1ccc(C(=O)Oc2ccc(/C=N\NC(=O)[C@@H](C)Oc3ccc(OCc4ccccc4)cc3)cc2OC)cc1. The Labute approximate surface area is 238 Å². The van der Waals surface area contributed by atoms with Crippen LogP contribution in [0.2, 0.25) is 0 Å². The quantitative estimate of drug-likeness (QED) is 0.108. The van der Waals surface area contributed by atoms with Crippen LogP contribution in [-0.4, -0.2) is 38.4 Å². The van der Waals surface area contributed by atoms with E-state index in [9.17, 15) is 9.59 Å². The number of nitrogens with one attached hydrogen (secondary N) is 1. The van der Waals surface area contributed by atoms with Crippen LogP contribution in [0.15, 0.2) is 102 Å². The van der Waals surface area contributed by atoms with Gasteiger partial charge < -0.3 is 23.7 Å². The second kappa shape index (κ2) is 14.2. The molecule has 0 aromatic heterocycles. The number of methoxy groups -OCH3 is 2. The van der Waals surface area contributed by atoms with E-state index in [-0.39, 0.29) is 5.75 Å². The van der Waals surface area contributed by atoms with Crippen LogP contribution < -0.4 is 29.1 Å². The summed E-state index contributed by atoms with van der Waals surface area (Å²) >= 11 is 0. The molecule has 0 aliphatic heterocycles. The van der Waals surface area contributed by atoms with E-state index in [1.54, 1.807) is 80.8 Å². The van der Waals surface area contributed by atoms with Gasteiger partial charge in [-0.15, -0.1) is 0 Å². The van der Waals surface area contributed by atoms with Crippen LogP contribution in [0, 0.1) is 0 Å². The summed E-state index contributed by atoms with van der Waals surface area (Å²) in [4.78, 5) is 25.0. The molecule has 0 bridgehead atoms. The summed E-state index contributed by atoms with van der Waals surface area (Å²) in [5, 5.41) is 4.00. The monoisotopic (exact) mass is 554 g/mol. The van der Waals surface area contributed by atoms with Gasteiger partial charge in [-0.25, -0.2) is 10.2 Å². The predicted molar refractivity (Wildman–Crippen MR) is 154 cm³/mol. The van der Waals surface area contributed by atoms with Gasteiger partial charge in [-0.05, 0) is 84.8 Å². The van der Waals surface area contributed by atoms with Crippen LogP contribution in [0.5, 0.6) is 28.7 Å². The van der Waals surface area contributed by atoms with Crippen LogP contribution in [0.4, 0.5) is 0 Å². The second-order valence-electron chi connectivity index (χ2n) is 8.77. The Kier molecular flexibility index (Phi) is 9.92. The minimum atomic E-state index is -0.794. The van der Waals surface area contributed by atoms with E-state index < -0.39 is 18.0 Å². The molecule has 41 heavy (non-hydrogen) atoms. The number of rotatable bonds is 12. The molecule has 1 amide bonds. The van der Waals surface area contributed by atoms with Crippen LogP contribution in [0.3, 0.4) is 0 Å². The molecular formula is C32H30N2O7. The summed E-state index contributed by atoms with van der Waals surface area (Å²) in [7, 11) is 3.01. The molecule has 9 nitrogen and oxygen atoms in total. The van der Waals surface area contributed by atoms with Crippen LogP contribution >= 0.6 is 0 Å². The Hall–Kier alpha value is -5.31. The Bertz CT molecular complexity index is 1470. The molecule has 4 aromatic carbocycles. The minimum absolute atomic E-state index is 0.244. The Morgan fingerprint density at radius 2 is 1.49 bits per heavy atom. The van der Waals surface area contributed by atoms with E-state index in [2.05, 4.69) is 10.5 Å². The van der Waals surface area contributed by atoms with Crippen LogP contribution in [0.25, 0.3) is 0 Å². The van der Waals surface area contributed by atoms with Crippen molar-refractivity contribution in [1.82, 2.24) is 5.43 Å².